The van der Waals surface area contributed by atoms with Crippen LogP contribution >= 0.6 is 0 Å². The van der Waals surface area contributed by atoms with Crippen molar-refractivity contribution in [2.75, 3.05) is 51.3 Å². The summed E-state index contributed by atoms with van der Waals surface area (Å²) in [5, 5.41) is 18.4. The number of hydrogen-bond acceptors (Lipinski definition) is 7. The minimum absolute atomic E-state index is 0.101. The third-order valence-electron chi connectivity index (χ3n) is 7.46. The Balaban J connectivity index is 1.21. The Labute approximate surface area is 220 Å². The van der Waals surface area contributed by atoms with E-state index in [0.29, 0.717) is 25.2 Å². The normalized spacial score (nSPS) is 17.8. The van der Waals surface area contributed by atoms with Crippen molar-refractivity contribution in [2.24, 2.45) is 7.05 Å². The molecule has 2 aliphatic heterocycles. The van der Waals surface area contributed by atoms with Gasteiger partial charge >= 0.3 is 6.03 Å². The van der Waals surface area contributed by atoms with Crippen LogP contribution in [0.15, 0.2) is 49.2 Å². The predicted molar refractivity (Wildman–Crippen MR) is 142 cm³/mol. The Hall–Kier alpha value is -4.43. The number of piperazine rings is 1. The Morgan fingerprint density at radius 3 is 2.53 bits per heavy atom. The maximum Gasteiger partial charge on any atom is 0.320 e. The molecule has 0 unspecified atom stereocenters. The van der Waals surface area contributed by atoms with E-state index < -0.39 is 0 Å². The molecule has 2 amide bonds. The summed E-state index contributed by atoms with van der Waals surface area (Å²) >= 11 is 0. The second-order valence-corrected chi connectivity index (χ2v) is 9.76. The van der Waals surface area contributed by atoms with Gasteiger partial charge in [0.25, 0.3) is 0 Å². The van der Waals surface area contributed by atoms with Crippen molar-refractivity contribution in [3.8, 4) is 28.5 Å². The van der Waals surface area contributed by atoms with Crippen molar-refractivity contribution in [1.82, 2.24) is 34.2 Å². The first kappa shape index (κ1) is 23.9. The largest absolute Gasteiger partial charge is 0.380 e. The van der Waals surface area contributed by atoms with E-state index in [1.54, 1.807) is 28.7 Å². The van der Waals surface area contributed by atoms with Crippen molar-refractivity contribution in [3.63, 3.8) is 0 Å². The van der Waals surface area contributed by atoms with Crippen LogP contribution in [-0.2, 0) is 11.8 Å². The zero-order chi connectivity index (χ0) is 26.2. The number of aryl methyl sites for hydroxylation is 1. The van der Waals surface area contributed by atoms with E-state index in [4.69, 9.17) is 9.72 Å². The summed E-state index contributed by atoms with van der Waals surface area (Å²) in [4.78, 5) is 23.8. The number of hydrogen-bond donors (Lipinski definition) is 0. The summed E-state index contributed by atoms with van der Waals surface area (Å²) in [5.74, 6) is 0. The van der Waals surface area contributed by atoms with Crippen LogP contribution in [0.25, 0.3) is 27.9 Å². The molecule has 38 heavy (non-hydrogen) atoms. The maximum atomic E-state index is 12.9. The molecule has 194 valence electrons. The number of pyridine rings is 2. The number of nitrogens with zero attached hydrogens (tertiary/aromatic N) is 9. The molecule has 1 atom stereocenters. The fourth-order valence-electron chi connectivity index (χ4n) is 5.31. The lowest BCUT2D eigenvalue weighted by molar-refractivity contribution is 0.105. The van der Waals surface area contributed by atoms with Gasteiger partial charge in [0.1, 0.15) is 6.07 Å². The van der Waals surface area contributed by atoms with Gasteiger partial charge in [-0.15, -0.1) is 0 Å². The lowest BCUT2D eigenvalue weighted by Gasteiger charge is -2.37. The number of urea groups is 1. The second-order valence-electron chi connectivity index (χ2n) is 9.76. The van der Waals surface area contributed by atoms with E-state index >= 15 is 0 Å². The summed E-state index contributed by atoms with van der Waals surface area (Å²) in [6, 6.07) is 8.42. The van der Waals surface area contributed by atoms with Crippen molar-refractivity contribution in [1.29, 1.82) is 5.26 Å². The molecule has 0 N–H and O–H groups in total. The van der Waals surface area contributed by atoms with Crippen LogP contribution in [0.3, 0.4) is 0 Å². The van der Waals surface area contributed by atoms with Crippen LogP contribution in [-0.4, -0.2) is 92.7 Å². The number of aromatic nitrogens is 5. The molecule has 4 aromatic rings. The van der Waals surface area contributed by atoms with Gasteiger partial charge in [-0.2, -0.15) is 15.5 Å². The number of nitriles is 1. The first-order valence-electron chi connectivity index (χ1n) is 12.7. The first-order chi connectivity index (χ1) is 18.5. The average Bonchev–Trinajstić information content (AvgIpc) is 3.72. The summed E-state index contributed by atoms with van der Waals surface area (Å²) in [5.41, 5.74) is 5.73. The molecule has 2 aliphatic rings. The van der Waals surface area contributed by atoms with Gasteiger partial charge in [-0.3, -0.25) is 9.67 Å². The van der Waals surface area contributed by atoms with Crippen molar-refractivity contribution in [2.45, 2.75) is 12.5 Å². The Bertz CT molecular complexity index is 1510. The molecule has 0 saturated carbocycles. The van der Waals surface area contributed by atoms with Crippen LogP contribution < -0.4 is 4.90 Å². The summed E-state index contributed by atoms with van der Waals surface area (Å²) in [7, 11) is 3.58. The van der Waals surface area contributed by atoms with Gasteiger partial charge in [-0.05, 0) is 24.6 Å². The van der Waals surface area contributed by atoms with Gasteiger partial charge in [0, 0.05) is 82.5 Å². The number of anilines is 1. The Morgan fingerprint density at radius 1 is 1.03 bits per heavy atom. The molecular formula is C27H29N9O2. The number of ether oxygens (including phenoxy) is 1. The van der Waals surface area contributed by atoms with Crippen LogP contribution in [0.4, 0.5) is 10.5 Å². The zero-order valence-electron chi connectivity index (χ0n) is 21.5. The molecule has 2 fully saturated rings. The molecular weight excluding hydrogens is 482 g/mol. The van der Waals surface area contributed by atoms with Crippen LogP contribution in [0.1, 0.15) is 12.0 Å². The van der Waals surface area contributed by atoms with E-state index in [1.807, 2.05) is 47.6 Å². The molecule has 0 aliphatic carbocycles. The quantitative estimate of drug-likeness (QED) is 0.414. The molecule has 6 heterocycles. The highest BCUT2D eigenvalue weighted by Crippen LogP contribution is 2.32. The monoisotopic (exact) mass is 511 g/mol. The lowest BCUT2D eigenvalue weighted by Crippen LogP contribution is -2.52. The molecule has 4 aromatic heterocycles. The molecule has 0 spiro atoms. The van der Waals surface area contributed by atoms with Crippen molar-refractivity contribution >= 4 is 17.2 Å². The van der Waals surface area contributed by atoms with Gasteiger partial charge in [-0.25, -0.2) is 9.31 Å². The van der Waals surface area contributed by atoms with Crippen LogP contribution in [0.2, 0.25) is 0 Å². The number of carbonyl (C=O) groups excluding carboxylic acids is 1. The molecule has 0 aromatic carbocycles. The Morgan fingerprint density at radius 2 is 1.87 bits per heavy atom. The van der Waals surface area contributed by atoms with Crippen LogP contribution in [0.5, 0.6) is 0 Å². The molecule has 6 rings (SSSR count). The summed E-state index contributed by atoms with van der Waals surface area (Å²) in [6.07, 6.45) is 10.1. The van der Waals surface area contributed by atoms with Gasteiger partial charge in [0.2, 0.25) is 0 Å². The third-order valence-corrected chi connectivity index (χ3v) is 7.46. The van der Waals surface area contributed by atoms with E-state index in [0.717, 1.165) is 59.6 Å². The standard InChI is InChI=1S/C27H29N9O2/c1-32-16-21(14-30-32)19-11-24(26-20(12-28)13-31-36(26)17-19)25-4-3-22(15-29-25)33-7-9-34(10-8-33)27(37)35-6-5-23(18-35)38-2/h3-4,11,13-17,23H,5-10,18H2,1-2H3/t23-/m0/s1. The Kier molecular flexibility index (Phi) is 6.17. The van der Waals surface area contributed by atoms with Crippen LogP contribution in [0, 0.1) is 11.3 Å². The predicted octanol–water partition coefficient (Wildman–Crippen LogP) is 2.63. The smallest absolute Gasteiger partial charge is 0.320 e. The SMILES string of the molecule is CO[C@H]1CCN(C(=O)N2CCN(c3ccc(-c4cc(-c5cnn(C)c5)cn5ncc(C#N)c45)nc3)CC2)C1. The average molecular weight is 512 g/mol. The minimum atomic E-state index is 0.101. The summed E-state index contributed by atoms with van der Waals surface area (Å²) < 4.78 is 8.89. The van der Waals surface area contributed by atoms with Gasteiger partial charge in [0.15, 0.2) is 0 Å². The number of carbonyl (C=O) groups is 1. The molecule has 11 heteroatoms. The van der Waals surface area contributed by atoms with Gasteiger partial charge in [0.05, 0.1) is 47.2 Å². The summed E-state index contributed by atoms with van der Waals surface area (Å²) in [6.45, 7) is 4.25. The zero-order valence-corrected chi connectivity index (χ0v) is 21.5. The number of likely N-dealkylation sites (tertiary alicyclic amines) is 1. The minimum Gasteiger partial charge on any atom is -0.380 e. The molecule has 11 nitrogen and oxygen atoms in total. The van der Waals surface area contributed by atoms with E-state index in [9.17, 15) is 10.1 Å². The maximum absolute atomic E-state index is 12.9. The number of rotatable bonds is 4. The number of amides is 2. The fourth-order valence-corrected chi connectivity index (χ4v) is 5.31. The lowest BCUT2D eigenvalue weighted by atomic mass is 10.0. The van der Waals surface area contributed by atoms with E-state index in [-0.39, 0.29) is 12.1 Å². The third kappa shape index (κ3) is 4.33. The molecule has 0 bridgehead atoms. The second kappa shape index (κ2) is 9.79. The first-order valence-corrected chi connectivity index (χ1v) is 12.7. The van der Waals surface area contributed by atoms with Gasteiger partial charge in [-0.1, -0.05) is 0 Å². The van der Waals surface area contributed by atoms with E-state index in [2.05, 4.69) is 27.2 Å². The topological polar surface area (TPSA) is 108 Å². The van der Waals surface area contributed by atoms with Crippen molar-refractivity contribution < 1.29 is 9.53 Å². The highest BCUT2D eigenvalue weighted by Gasteiger charge is 2.31. The van der Waals surface area contributed by atoms with Gasteiger partial charge < -0.3 is 19.4 Å². The fraction of sp³-hybridized carbons (Fsp3) is 0.370. The van der Waals surface area contributed by atoms with Crippen molar-refractivity contribution in [3.05, 3.63) is 54.7 Å². The van der Waals surface area contributed by atoms with E-state index in [1.165, 1.54) is 0 Å². The number of fused-ring (bicyclic) bond motifs is 1. The highest BCUT2D eigenvalue weighted by molar-refractivity contribution is 5.86. The molecule has 2 saturated heterocycles. The molecule has 0 radical (unpaired) electrons. The highest BCUT2D eigenvalue weighted by atomic mass is 16.5. The number of methoxy groups -OCH3 is 1.